The predicted molar refractivity (Wildman–Crippen MR) is 111 cm³/mol. The lowest BCUT2D eigenvalue weighted by atomic mass is 9.98. The molecule has 1 heterocycles. The topological polar surface area (TPSA) is 66.5 Å². The van der Waals surface area contributed by atoms with E-state index in [9.17, 15) is 13.2 Å². The molecule has 0 bridgehead atoms. The molecule has 5 nitrogen and oxygen atoms in total. The van der Waals surface area contributed by atoms with Crippen molar-refractivity contribution >= 4 is 27.5 Å². The first-order chi connectivity index (χ1) is 13.3. The van der Waals surface area contributed by atoms with Gasteiger partial charge in [0.2, 0.25) is 15.9 Å². The molecule has 0 aliphatic carbocycles. The van der Waals surface area contributed by atoms with Crippen LogP contribution in [0.2, 0.25) is 5.02 Å². The highest BCUT2D eigenvalue weighted by molar-refractivity contribution is 7.88. The van der Waals surface area contributed by atoms with Gasteiger partial charge in [-0.25, -0.2) is 12.7 Å². The van der Waals surface area contributed by atoms with Crippen molar-refractivity contribution in [1.29, 1.82) is 0 Å². The second-order valence-electron chi connectivity index (χ2n) is 7.23. The molecule has 1 N–H and O–H groups in total. The Morgan fingerprint density at radius 2 is 2.00 bits per heavy atom. The summed E-state index contributed by atoms with van der Waals surface area (Å²) in [5, 5.41) is 3.47. The summed E-state index contributed by atoms with van der Waals surface area (Å²) in [4.78, 5) is 12.6. The fraction of sp³-hybridized carbons (Fsp3) is 0.381. The maximum Gasteiger partial charge on any atom is 0.224 e. The Bertz CT molecular complexity index is 946. The van der Waals surface area contributed by atoms with Crippen molar-refractivity contribution in [2.45, 2.75) is 32.1 Å². The Labute approximate surface area is 171 Å². The Kier molecular flexibility index (Phi) is 6.75. The molecule has 7 heteroatoms. The molecule has 0 spiro atoms. The van der Waals surface area contributed by atoms with Crippen LogP contribution < -0.4 is 5.32 Å². The van der Waals surface area contributed by atoms with Crippen LogP contribution in [0.4, 0.5) is 0 Å². The fourth-order valence-electron chi connectivity index (χ4n) is 3.47. The molecule has 2 aromatic rings. The SMILES string of the molecule is Cc1ccccc1CNC(=O)[C@@H]1CCCN(S(=O)(=O)Cc2cccc(Cl)c2)C1. The predicted octanol–water partition coefficient (Wildman–Crippen LogP) is 3.51. The van der Waals surface area contributed by atoms with Gasteiger partial charge in [0.15, 0.2) is 0 Å². The van der Waals surface area contributed by atoms with Crippen molar-refractivity contribution in [2.24, 2.45) is 5.92 Å². The number of carbonyl (C=O) groups excluding carboxylic acids is 1. The zero-order valence-corrected chi connectivity index (χ0v) is 17.5. The maximum atomic E-state index is 12.8. The van der Waals surface area contributed by atoms with E-state index in [1.807, 2.05) is 31.2 Å². The van der Waals surface area contributed by atoms with E-state index >= 15 is 0 Å². The zero-order chi connectivity index (χ0) is 20.1. The lowest BCUT2D eigenvalue weighted by Gasteiger charge is -2.31. The van der Waals surface area contributed by atoms with E-state index in [1.54, 1.807) is 24.3 Å². The van der Waals surface area contributed by atoms with Gasteiger partial charge in [0.05, 0.1) is 11.7 Å². The van der Waals surface area contributed by atoms with Crippen LogP contribution in [-0.4, -0.2) is 31.7 Å². The van der Waals surface area contributed by atoms with Gasteiger partial charge in [-0.2, -0.15) is 0 Å². The Morgan fingerprint density at radius 1 is 1.21 bits per heavy atom. The van der Waals surface area contributed by atoms with Crippen molar-refractivity contribution in [3.8, 4) is 0 Å². The van der Waals surface area contributed by atoms with Crippen LogP contribution in [0, 0.1) is 12.8 Å². The number of carbonyl (C=O) groups is 1. The molecule has 1 saturated heterocycles. The molecule has 1 fully saturated rings. The molecule has 1 aliphatic rings. The quantitative estimate of drug-likeness (QED) is 0.777. The standard InChI is InChI=1S/C21H25ClN2O3S/c1-16-6-2-3-8-18(16)13-23-21(25)19-9-5-11-24(14-19)28(26,27)15-17-7-4-10-20(22)12-17/h2-4,6-8,10,12,19H,5,9,11,13-15H2,1H3,(H,23,25)/t19-/m1/s1. The summed E-state index contributed by atoms with van der Waals surface area (Å²) in [6.45, 7) is 3.14. The van der Waals surface area contributed by atoms with E-state index in [1.165, 1.54) is 4.31 Å². The molecule has 1 atom stereocenters. The van der Waals surface area contributed by atoms with Gasteiger partial charge >= 0.3 is 0 Å². The minimum absolute atomic E-state index is 0.0918. The number of halogens is 1. The Morgan fingerprint density at radius 3 is 2.75 bits per heavy atom. The minimum atomic E-state index is -3.50. The highest BCUT2D eigenvalue weighted by atomic mass is 35.5. The van der Waals surface area contributed by atoms with Gasteiger partial charge in [0, 0.05) is 24.7 Å². The molecule has 1 amide bonds. The molecule has 0 saturated carbocycles. The van der Waals surface area contributed by atoms with Gasteiger partial charge in [-0.15, -0.1) is 0 Å². The second-order valence-corrected chi connectivity index (χ2v) is 9.63. The largest absolute Gasteiger partial charge is 0.352 e. The van der Waals surface area contributed by atoms with Crippen LogP contribution in [-0.2, 0) is 27.1 Å². The number of aryl methyl sites for hydroxylation is 1. The van der Waals surface area contributed by atoms with Crippen LogP contribution in [0.5, 0.6) is 0 Å². The smallest absolute Gasteiger partial charge is 0.224 e. The molecule has 0 radical (unpaired) electrons. The van der Waals surface area contributed by atoms with Crippen LogP contribution in [0.3, 0.4) is 0 Å². The minimum Gasteiger partial charge on any atom is -0.352 e. The summed E-state index contributed by atoms with van der Waals surface area (Å²) >= 11 is 5.96. The van der Waals surface area contributed by atoms with E-state index in [4.69, 9.17) is 11.6 Å². The van der Waals surface area contributed by atoms with Crippen LogP contribution >= 0.6 is 11.6 Å². The monoisotopic (exact) mass is 420 g/mol. The molecule has 150 valence electrons. The van der Waals surface area contributed by atoms with Gasteiger partial charge in [0.1, 0.15) is 0 Å². The second kappa shape index (κ2) is 9.07. The first kappa shape index (κ1) is 20.8. The maximum absolute atomic E-state index is 12.8. The third-order valence-electron chi connectivity index (χ3n) is 5.10. The summed E-state index contributed by atoms with van der Waals surface area (Å²) in [7, 11) is -3.50. The highest BCUT2D eigenvalue weighted by Crippen LogP contribution is 2.23. The molecular formula is C21H25ClN2O3S. The van der Waals surface area contributed by atoms with E-state index in [0.29, 0.717) is 36.5 Å². The molecule has 1 aliphatic heterocycles. The van der Waals surface area contributed by atoms with E-state index in [-0.39, 0.29) is 24.1 Å². The molecular weight excluding hydrogens is 396 g/mol. The van der Waals surface area contributed by atoms with Crippen molar-refractivity contribution in [1.82, 2.24) is 9.62 Å². The third kappa shape index (κ3) is 5.34. The van der Waals surface area contributed by atoms with Crippen molar-refractivity contribution < 1.29 is 13.2 Å². The van der Waals surface area contributed by atoms with Crippen molar-refractivity contribution in [3.05, 3.63) is 70.2 Å². The zero-order valence-electron chi connectivity index (χ0n) is 15.9. The molecule has 2 aromatic carbocycles. The van der Waals surface area contributed by atoms with Gasteiger partial charge < -0.3 is 5.32 Å². The summed E-state index contributed by atoms with van der Waals surface area (Å²) in [5.41, 5.74) is 2.84. The molecule has 0 unspecified atom stereocenters. The Balaban J connectivity index is 1.61. The first-order valence-corrected chi connectivity index (χ1v) is 11.4. The van der Waals surface area contributed by atoms with E-state index in [2.05, 4.69) is 5.32 Å². The number of amides is 1. The van der Waals surface area contributed by atoms with Crippen LogP contribution in [0.1, 0.15) is 29.5 Å². The van der Waals surface area contributed by atoms with E-state index in [0.717, 1.165) is 11.1 Å². The average molecular weight is 421 g/mol. The third-order valence-corrected chi connectivity index (χ3v) is 7.15. The van der Waals surface area contributed by atoms with Gasteiger partial charge in [-0.05, 0) is 48.6 Å². The Hall–Kier alpha value is -1.89. The van der Waals surface area contributed by atoms with Crippen LogP contribution in [0.25, 0.3) is 0 Å². The summed E-state index contributed by atoms with van der Waals surface area (Å²) < 4.78 is 27.1. The van der Waals surface area contributed by atoms with Gasteiger partial charge in [0.25, 0.3) is 0 Å². The van der Waals surface area contributed by atoms with Gasteiger partial charge in [-0.1, -0.05) is 48.0 Å². The number of hydrogen-bond donors (Lipinski definition) is 1. The van der Waals surface area contributed by atoms with Crippen LogP contribution in [0.15, 0.2) is 48.5 Å². The van der Waals surface area contributed by atoms with Gasteiger partial charge in [-0.3, -0.25) is 4.79 Å². The number of nitrogens with one attached hydrogen (secondary N) is 1. The summed E-state index contributed by atoms with van der Waals surface area (Å²) in [6, 6.07) is 14.8. The fourth-order valence-corrected chi connectivity index (χ4v) is 5.28. The number of sulfonamides is 1. The molecule has 0 aromatic heterocycles. The molecule has 3 rings (SSSR count). The average Bonchev–Trinajstić information content (AvgIpc) is 2.67. The lowest BCUT2D eigenvalue weighted by molar-refractivity contribution is -0.126. The number of rotatable bonds is 6. The number of benzene rings is 2. The normalized spacial score (nSPS) is 18.0. The molecule has 28 heavy (non-hydrogen) atoms. The number of piperidine rings is 1. The van der Waals surface area contributed by atoms with Crippen molar-refractivity contribution in [3.63, 3.8) is 0 Å². The summed E-state index contributed by atoms with van der Waals surface area (Å²) in [5.74, 6) is -0.525. The lowest BCUT2D eigenvalue weighted by Crippen LogP contribution is -2.45. The number of nitrogens with zero attached hydrogens (tertiary/aromatic N) is 1. The van der Waals surface area contributed by atoms with Crippen molar-refractivity contribution in [2.75, 3.05) is 13.1 Å². The van der Waals surface area contributed by atoms with E-state index < -0.39 is 10.0 Å². The first-order valence-electron chi connectivity index (χ1n) is 9.39. The summed E-state index contributed by atoms with van der Waals surface area (Å²) in [6.07, 6.45) is 1.38. The highest BCUT2D eigenvalue weighted by Gasteiger charge is 2.32. The number of hydrogen-bond acceptors (Lipinski definition) is 3.